The van der Waals surface area contributed by atoms with E-state index in [1.807, 2.05) is 18.2 Å². The molecule has 1 fully saturated rings. The minimum atomic E-state index is -0.467. The Labute approximate surface area is 131 Å². The van der Waals surface area contributed by atoms with Gasteiger partial charge in [-0.25, -0.2) is 0 Å². The van der Waals surface area contributed by atoms with Crippen molar-refractivity contribution < 1.29 is 14.3 Å². The van der Waals surface area contributed by atoms with Crippen LogP contribution in [-0.4, -0.2) is 68.1 Å². The van der Waals surface area contributed by atoms with Gasteiger partial charge in [-0.05, 0) is 5.56 Å². The molecule has 0 bridgehead atoms. The van der Waals surface area contributed by atoms with Gasteiger partial charge >= 0.3 is 0 Å². The summed E-state index contributed by atoms with van der Waals surface area (Å²) >= 11 is 0. The first-order chi connectivity index (χ1) is 10.7. The molecule has 0 spiro atoms. The highest BCUT2D eigenvalue weighted by Gasteiger charge is 2.34. The van der Waals surface area contributed by atoms with Crippen LogP contribution in [0.3, 0.4) is 0 Å². The molecule has 6 nitrogen and oxygen atoms in total. The Bertz CT molecular complexity index is 507. The van der Waals surface area contributed by atoms with Gasteiger partial charge in [0.2, 0.25) is 11.8 Å². The lowest BCUT2D eigenvalue weighted by Crippen LogP contribution is -2.60. The van der Waals surface area contributed by atoms with E-state index in [1.54, 1.807) is 11.9 Å². The second-order valence-corrected chi connectivity index (χ2v) is 5.37. The number of nitrogens with zero attached hydrogens (tertiary/aromatic N) is 2. The molecule has 1 N–H and O–H groups in total. The molecule has 1 aliphatic heterocycles. The predicted octanol–water partition coefficient (Wildman–Crippen LogP) is 0.0918. The fourth-order valence-electron chi connectivity index (χ4n) is 2.72. The van der Waals surface area contributed by atoms with Crippen molar-refractivity contribution in [1.29, 1.82) is 0 Å². The predicted molar refractivity (Wildman–Crippen MR) is 83.2 cm³/mol. The van der Waals surface area contributed by atoms with Crippen LogP contribution in [0.2, 0.25) is 0 Å². The summed E-state index contributed by atoms with van der Waals surface area (Å²) in [6.45, 7) is 2.60. The third-order valence-corrected chi connectivity index (χ3v) is 3.85. The zero-order chi connectivity index (χ0) is 15.9. The molecule has 1 atom stereocenters. The van der Waals surface area contributed by atoms with E-state index in [0.717, 1.165) is 13.1 Å². The highest BCUT2D eigenvalue weighted by molar-refractivity contribution is 5.88. The molecule has 1 aromatic rings. The van der Waals surface area contributed by atoms with Crippen LogP contribution in [0.1, 0.15) is 5.56 Å². The van der Waals surface area contributed by atoms with Gasteiger partial charge < -0.3 is 15.0 Å². The van der Waals surface area contributed by atoms with Crippen LogP contribution in [0.15, 0.2) is 30.3 Å². The number of carbonyl (C=O) groups is 2. The maximum absolute atomic E-state index is 12.1. The molecule has 0 aliphatic carbocycles. The monoisotopic (exact) mass is 305 g/mol. The van der Waals surface area contributed by atoms with Crippen LogP contribution in [0.5, 0.6) is 0 Å². The molecule has 6 heteroatoms. The Balaban J connectivity index is 2.04. The van der Waals surface area contributed by atoms with Crippen molar-refractivity contribution in [1.82, 2.24) is 15.1 Å². The van der Waals surface area contributed by atoms with Gasteiger partial charge in [-0.1, -0.05) is 30.3 Å². The average Bonchev–Trinajstić information content (AvgIpc) is 2.55. The van der Waals surface area contributed by atoms with Gasteiger partial charge in [-0.3, -0.25) is 14.5 Å². The summed E-state index contributed by atoms with van der Waals surface area (Å²) in [6, 6.07) is 9.66. The summed E-state index contributed by atoms with van der Waals surface area (Å²) in [4.78, 5) is 28.0. The number of carbonyl (C=O) groups excluding carboxylic acids is 2. The first kappa shape index (κ1) is 16.5. The van der Waals surface area contributed by atoms with Crippen LogP contribution >= 0.6 is 0 Å². The second-order valence-electron chi connectivity index (χ2n) is 5.37. The van der Waals surface area contributed by atoms with E-state index in [0.29, 0.717) is 13.1 Å². The van der Waals surface area contributed by atoms with Gasteiger partial charge in [0.05, 0.1) is 0 Å². The van der Waals surface area contributed by atoms with E-state index >= 15 is 0 Å². The quantitative estimate of drug-likeness (QED) is 0.838. The fraction of sp³-hybridized carbons (Fsp3) is 0.500. The Morgan fingerprint density at radius 1 is 1.27 bits per heavy atom. The normalized spacial score (nSPS) is 19.0. The van der Waals surface area contributed by atoms with Crippen molar-refractivity contribution in [2.24, 2.45) is 0 Å². The van der Waals surface area contributed by atoms with E-state index in [9.17, 15) is 9.59 Å². The van der Waals surface area contributed by atoms with Crippen LogP contribution in [-0.2, 0) is 20.9 Å². The molecule has 2 rings (SSSR count). The average molecular weight is 305 g/mol. The Hall–Kier alpha value is -1.92. The standard InChI is InChI=1S/C16H23N3O3/c1-17-16(21)14-11-18(10-13-6-4-3-5-7-13)8-9-19(14)15(20)12-22-2/h3-7,14H,8-12H2,1-2H3,(H,17,21)/t14-/m0/s1. The van der Waals surface area contributed by atoms with Crippen LogP contribution < -0.4 is 5.32 Å². The summed E-state index contributed by atoms with van der Waals surface area (Å²) in [5, 5.41) is 2.65. The van der Waals surface area contributed by atoms with Gasteiger partial charge in [0.25, 0.3) is 0 Å². The van der Waals surface area contributed by atoms with Gasteiger partial charge in [-0.15, -0.1) is 0 Å². The number of hydrogen-bond acceptors (Lipinski definition) is 4. The number of hydrogen-bond donors (Lipinski definition) is 1. The largest absolute Gasteiger partial charge is 0.375 e. The smallest absolute Gasteiger partial charge is 0.249 e. The van der Waals surface area contributed by atoms with E-state index in [2.05, 4.69) is 22.3 Å². The van der Waals surface area contributed by atoms with E-state index < -0.39 is 6.04 Å². The molecular weight excluding hydrogens is 282 g/mol. The molecular formula is C16H23N3O3. The lowest BCUT2D eigenvalue weighted by molar-refractivity contribution is -0.146. The fourth-order valence-corrected chi connectivity index (χ4v) is 2.72. The number of nitrogens with one attached hydrogen (secondary N) is 1. The molecule has 1 heterocycles. The minimum Gasteiger partial charge on any atom is -0.375 e. The lowest BCUT2D eigenvalue weighted by Gasteiger charge is -2.40. The van der Waals surface area contributed by atoms with Gasteiger partial charge in [0.15, 0.2) is 0 Å². The summed E-state index contributed by atoms with van der Waals surface area (Å²) in [5.74, 6) is -0.280. The SMILES string of the molecule is CNC(=O)[C@@H]1CN(Cc2ccccc2)CCN1C(=O)COC. The molecule has 0 radical (unpaired) electrons. The third-order valence-electron chi connectivity index (χ3n) is 3.85. The number of benzene rings is 1. The number of likely N-dealkylation sites (N-methyl/N-ethyl adjacent to an activating group) is 1. The third kappa shape index (κ3) is 4.05. The van der Waals surface area contributed by atoms with E-state index in [4.69, 9.17) is 4.74 Å². The van der Waals surface area contributed by atoms with Crippen molar-refractivity contribution in [3.8, 4) is 0 Å². The molecule has 0 unspecified atom stereocenters. The molecule has 22 heavy (non-hydrogen) atoms. The van der Waals surface area contributed by atoms with Crippen molar-refractivity contribution in [2.75, 3.05) is 40.4 Å². The Morgan fingerprint density at radius 3 is 2.64 bits per heavy atom. The summed E-state index contributed by atoms with van der Waals surface area (Å²) in [6.07, 6.45) is 0. The number of piperazine rings is 1. The summed E-state index contributed by atoms with van der Waals surface area (Å²) < 4.78 is 4.90. The number of methoxy groups -OCH3 is 1. The Morgan fingerprint density at radius 2 is 2.00 bits per heavy atom. The van der Waals surface area contributed by atoms with Gasteiger partial charge in [-0.2, -0.15) is 0 Å². The highest BCUT2D eigenvalue weighted by Crippen LogP contribution is 2.14. The molecule has 1 saturated heterocycles. The molecule has 0 saturated carbocycles. The first-order valence-corrected chi connectivity index (χ1v) is 7.42. The Kier molecular flexibility index (Phi) is 5.91. The van der Waals surface area contributed by atoms with Gasteiger partial charge in [0, 0.05) is 40.3 Å². The zero-order valence-electron chi connectivity index (χ0n) is 13.1. The zero-order valence-corrected chi connectivity index (χ0v) is 13.1. The molecule has 2 amide bonds. The first-order valence-electron chi connectivity index (χ1n) is 7.42. The van der Waals surface area contributed by atoms with Crippen molar-refractivity contribution in [3.05, 3.63) is 35.9 Å². The van der Waals surface area contributed by atoms with Crippen molar-refractivity contribution in [3.63, 3.8) is 0 Å². The number of rotatable bonds is 5. The number of ether oxygens (including phenoxy) is 1. The van der Waals surface area contributed by atoms with Crippen LogP contribution in [0.4, 0.5) is 0 Å². The van der Waals surface area contributed by atoms with Gasteiger partial charge in [0.1, 0.15) is 12.6 Å². The minimum absolute atomic E-state index is 0.00613. The van der Waals surface area contributed by atoms with E-state index in [1.165, 1.54) is 12.7 Å². The molecule has 120 valence electrons. The van der Waals surface area contributed by atoms with Crippen LogP contribution in [0, 0.1) is 0 Å². The lowest BCUT2D eigenvalue weighted by atomic mass is 10.1. The molecule has 1 aliphatic rings. The molecule has 0 aromatic heterocycles. The second kappa shape index (κ2) is 7.91. The topological polar surface area (TPSA) is 61.9 Å². The van der Waals surface area contributed by atoms with E-state index in [-0.39, 0.29) is 18.4 Å². The van der Waals surface area contributed by atoms with Crippen LogP contribution in [0.25, 0.3) is 0 Å². The molecule has 1 aromatic carbocycles. The summed E-state index contributed by atoms with van der Waals surface area (Å²) in [5.41, 5.74) is 1.20. The summed E-state index contributed by atoms with van der Waals surface area (Å²) in [7, 11) is 3.08. The maximum atomic E-state index is 12.1. The highest BCUT2D eigenvalue weighted by atomic mass is 16.5. The maximum Gasteiger partial charge on any atom is 0.249 e. The van der Waals surface area contributed by atoms with Crippen molar-refractivity contribution in [2.45, 2.75) is 12.6 Å². The number of amides is 2. The van der Waals surface area contributed by atoms with Crippen molar-refractivity contribution >= 4 is 11.8 Å².